The molecule has 1 amide bonds. The van der Waals surface area contributed by atoms with Gasteiger partial charge in [-0.05, 0) is 60.4 Å². The number of benzene rings is 2. The van der Waals surface area contributed by atoms with E-state index in [9.17, 15) is 9.90 Å². The first-order valence-corrected chi connectivity index (χ1v) is 13.9. The van der Waals surface area contributed by atoms with Crippen LogP contribution in [0.3, 0.4) is 0 Å². The highest BCUT2D eigenvalue weighted by Gasteiger charge is 2.47. The van der Waals surface area contributed by atoms with E-state index in [0.29, 0.717) is 25.2 Å². The first kappa shape index (κ1) is 27.1. The van der Waals surface area contributed by atoms with Crippen LogP contribution in [0.1, 0.15) is 46.1 Å². The summed E-state index contributed by atoms with van der Waals surface area (Å²) in [6, 6.07) is 15.4. The molecular weight excluding hydrogens is 520 g/mol. The molecule has 1 saturated heterocycles. The number of aliphatic hydroxyl groups is 1. The highest BCUT2D eigenvalue weighted by Crippen LogP contribution is 2.49. The Morgan fingerprint density at radius 1 is 1.02 bits per heavy atom. The number of hydrogen-bond acceptors (Lipinski definition) is 7. The fourth-order valence-electron chi connectivity index (χ4n) is 6.69. The van der Waals surface area contributed by atoms with Crippen LogP contribution in [-0.2, 0) is 12.0 Å². The Hall–Kier alpha value is -4.08. The predicted octanol–water partition coefficient (Wildman–Crippen LogP) is 4.31. The van der Waals surface area contributed by atoms with Crippen molar-refractivity contribution in [2.45, 2.75) is 30.8 Å². The number of piperidine rings is 1. The molecule has 2 aromatic heterocycles. The van der Waals surface area contributed by atoms with Crippen LogP contribution >= 0.6 is 0 Å². The molecule has 9 heteroatoms. The van der Waals surface area contributed by atoms with Crippen LogP contribution in [0.15, 0.2) is 60.9 Å². The van der Waals surface area contributed by atoms with Crippen LogP contribution in [0.25, 0.3) is 10.9 Å². The van der Waals surface area contributed by atoms with Crippen molar-refractivity contribution in [2.75, 3.05) is 47.6 Å². The Balaban J connectivity index is 1.39. The van der Waals surface area contributed by atoms with Crippen LogP contribution in [0.5, 0.6) is 17.2 Å². The zero-order chi connectivity index (χ0) is 28.6. The molecule has 0 unspecified atom stereocenters. The SMILES string of the molecule is COc1cc(CN2CC3(CCN(C(=O)c4cccnc4)CC3)c3c([nH]c4cc(OC)ccc34)[C@@H]2CO)cc(OC)c1. The first-order valence-electron chi connectivity index (χ1n) is 13.9. The van der Waals surface area contributed by atoms with Crippen LogP contribution in [0.4, 0.5) is 0 Å². The van der Waals surface area contributed by atoms with Crippen LogP contribution in [0.2, 0.25) is 0 Å². The number of ether oxygens (including phenoxy) is 3. The summed E-state index contributed by atoms with van der Waals surface area (Å²) in [7, 11) is 4.97. The number of nitrogens with one attached hydrogen (secondary N) is 1. The van der Waals surface area contributed by atoms with Gasteiger partial charge in [0.2, 0.25) is 0 Å². The standard InChI is InChI=1S/C32H36N4O5/c1-39-23-6-7-26-27(16-23)34-30-28(19-37)36(18-21-13-24(40-2)15-25(14-21)41-3)20-32(29(26)30)8-11-35(12-9-32)31(38)22-5-4-10-33-17-22/h4-7,10,13-17,28,34,37H,8-9,11-12,18-20H2,1-3H3/t28-/m0/s1. The molecule has 2 aromatic carbocycles. The molecule has 6 rings (SSSR count). The highest BCUT2D eigenvalue weighted by atomic mass is 16.5. The molecular formula is C32H36N4O5. The van der Waals surface area contributed by atoms with Crippen molar-refractivity contribution in [3.05, 3.63) is 83.3 Å². The Morgan fingerprint density at radius 2 is 1.76 bits per heavy atom. The van der Waals surface area contributed by atoms with E-state index < -0.39 is 0 Å². The van der Waals surface area contributed by atoms with E-state index in [1.54, 1.807) is 39.8 Å². The van der Waals surface area contributed by atoms with Gasteiger partial charge < -0.3 is 29.2 Å². The number of H-pyrrole nitrogens is 1. The molecule has 41 heavy (non-hydrogen) atoms. The largest absolute Gasteiger partial charge is 0.497 e. The average Bonchev–Trinajstić information content (AvgIpc) is 3.41. The third kappa shape index (κ3) is 4.89. The first-order chi connectivity index (χ1) is 20.0. The number of rotatable bonds is 7. The van der Waals surface area contributed by atoms with Crippen molar-refractivity contribution < 1.29 is 24.1 Å². The molecule has 2 N–H and O–H groups in total. The molecule has 0 aliphatic carbocycles. The topological polar surface area (TPSA) is 100 Å². The van der Waals surface area contributed by atoms with Gasteiger partial charge in [-0.15, -0.1) is 0 Å². The number of nitrogens with zero attached hydrogens (tertiary/aromatic N) is 3. The molecule has 4 heterocycles. The van der Waals surface area contributed by atoms with Crippen molar-refractivity contribution >= 4 is 16.8 Å². The summed E-state index contributed by atoms with van der Waals surface area (Å²) < 4.78 is 16.6. The smallest absolute Gasteiger partial charge is 0.255 e. The number of carbonyl (C=O) groups is 1. The Kier molecular flexibility index (Phi) is 7.32. The second kappa shape index (κ2) is 11.1. The second-order valence-corrected chi connectivity index (χ2v) is 11.0. The number of aliphatic hydroxyl groups excluding tert-OH is 1. The minimum atomic E-state index is -0.221. The number of carbonyl (C=O) groups excluding carboxylic acids is 1. The predicted molar refractivity (Wildman–Crippen MR) is 156 cm³/mol. The molecule has 1 spiro atoms. The number of fused-ring (bicyclic) bond motifs is 4. The Bertz CT molecular complexity index is 1520. The third-order valence-corrected chi connectivity index (χ3v) is 8.73. The van der Waals surface area contributed by atoms with Crippen LogP contribution in [-0.4, -0.2) is 78.4 Å². The fourth-order valence-corrected chi connectivity index (χ4v) is 6.69. The summed E-state index contributed by atoms with van der Waals surface area (Å²) >= 11 is 0. The van der Waals surface area contributed by atoms with Gasteiger partial charge in [0.05, 0.1) is 39.5 Å². The quantitative estimate of drug-likeness (QED) is 0.350. The maximum absolute atomic E-state index is 13.3. The number of likely N-dealkylation sites (tertiary alicyclic amines) is 1. The lowest BCUT2D eigenvalue weighted by atomic mass is 9.68. The molecule has 2 aliphatic rings. The van der Waals surface area contributed by atoms with Gasteiger partial charge in [0.1, 0.15) is 17.2 Å². The lowest BCUT2D eigenvalue weighted by molar-refractivity contribution is 0.0386. The van der Waals surface area contributed by atoms with Gasteiger partial charge in [-0.25, -0.2) is 0 Å². The molecule has 0 radical (unpaired) electrons. The van der Waals surface area contributed by atoms with Gasteiger partial charge in [0.15, 0.2) is 0 Å². The van der Waals surface area contributed by atoms with Crippen LogP contribution < -0.4 is 14.2 Å². The number of amides is 1. The van der Waals surface area contributed by atoms with E-state index in [4.69, 9.17) is 14.2 Å². The minimum absolute atomic E-state index is 0.0150. The van der Waals surface area contributed by atoms with Gasteiger partial charge in [-0.3, -0.25) is 14.7 Å². The van der Waals surface area contributed by atoms with Crippen molar-refractivity contribution in [3.63, 3.8) is 0 Å². The molecule has 0 saturated carbocycles. The lowest BCUT2D eigenvalue weighted by Gasteiger charge is -2.50. The van der Waals surface area contributed by atoms with E-state index >= 15 is 0 Å². The maximum Gasteiger partial charge on any atom is 0.255 e. The number of aromatic nitrogens is 2. The lowest BCUT2D eigenvalue weighted by Crippen LogP contribution is -2.54. The molecule has 1 fully saturated rings. The molecule has 1 atom stereocenters. The minimum Gasteiger partial charge on any atom is -0.497 e. The van der Waals surface area contributed by atoms with Crippen molar-refractivity contribution in [3.8, 4) is 17.2 Å². The van der Waals surface area contributed by atoms with E-state index in [2.05, 4.69) is 20.9 Å². The summed E-state index contributed by atoms with van der Waals surface area (Å²) in [6.07, 6.45) is 4.93. The normalized spacial score (nSPS) is 18.3. The van der Waals surface area contributed by atoms with Crippen molar-refractivity contribution in [1.82, 2.24) is 19.8 Å². The van der Waals surface area contributed by atoms with E-state index in [1.165, 1.54) is 5.56 Å². The van der Waals surface area contributed by atoms with Gasteiger partial charge in [0, 0.05) is 72.7 Å². The molecule has 0 bridgehead atoms. The van der Waals surface area contributed by atoms with Crippen LogP contribution in [0, 0.1) is 0 Å². The van der Waals surface area contributed by atoms with Crippen molar-refractivity contribution in [2.24, 2.45) is 0 Å². The summed E-state index contributed by atoms with van der Waals surface area (Å²) in [5.41, 5.74) is 4.72. The van der Waals surface area contributed by atoms with Gasteiger partial charge in [-0.2, -0.15) is 0 Å². The van der Waals surface area contributed by atoms with Gasteiger partial charge in [0.25, 0.3) is 5.91 Å². The molecule has 214 valence electrons. The maximum atomic E-state index is 13.3. The summed E-state index contributed by atoms with van der Waals surface area (Å²) in [5.74, 6) is 2.25. The van der Waals surface area contributed by atoms with E-state index in [1.807, 2.05) is 41.3 Å². The zero-order valence-electron chi connectivity index (χ0n) is 23.7. The van der Waals surface area contributed by atoms with Gasteiger partial charge >= 0.3 is 0 Å². The monoisotopic (exact) mass is 556 g/mol. The Labute approximate surface area is 239 Å². The Morgan fingerprint density at radius 3 is 2.39 bits per heavy atom. The zero-order valence-corrected chi connectivity index (χ0v) is 23.7. The molecule has 2 aliphatic heterocycles. The highest BCUT2D eigenvalue weighted by molar-refractivity contribution is 5.94. The third-order valence-electron chi connectivity index (χ3n) is 8.73. The molecule has 9 nitrogen and oxygen atoms in total. The number of aromatic amines is 1. The fraction of sp³-hybridized carbons (Fsp3) is 0.375. The number of pyridine rings is 1. The summed E-state index contributed by atoms with van der Waals surface area (Å²) in [4.78, 5) is 25.4. The summed E-state index contributed by atoms with van der Waals surface area (Å²) in [5, 5.41) is 11.9. The number of hydrogen-bond donors (Lipinski definition) is 2. The average molecular weight is 557 g/mol. The van der Waals surface area contributed by atoms with Gasteiger partial charge in [-0.1, -0.05) is 0 Å². The van der Waals surface area contributed by atoms with E-state index in [-0.39, 0.29) is 24.0 Å². The molecule has 4 aromatic rings. The van der Waals surface area contributed by atoms with Crippen molar-refractivity contribution in [1.29, 1.82) is 0 Å². The van der Waals surface area contributed by atoms with E-state index in [0.717, 1.165) is 58.8 Å². The number of methoxy groups -OCH3 is 3. The summed E-state index contributed by atoms with van der Waals surface area (Å²) in [6.45, 7) is 2.61. The second-order valence-electron chi connectivity index (χ2n) is 11.0.